The van der Waals surface area contributed by atoms with E-state index in [1.807, 2.05) is 18.2 Å². The Morgan fingerprint density at radius 2 is 1.62 bits per heavy atom. The Bertz CT molecular complexity index is 701. The van der Waals surface area contributed by atoms with E-state index in [0.717, 1.165) is 3.57 Å². The minimum Gasteiger partial charge on any atom is -0.478 e. The van der Waals surface area contributed by atoms with Gasteiger partial charge in [-0.1, -0.05) is 18.2 Å². The van der Waals surface area contributed by atoms with Crippen molar-refractivity contribution in [1.29, 1.82) is 0 Å². The number of nitrogens with one attached hydrogen (secondary N) is 2. The lowest BCUT2D eigenvalue weighted by Crippen LogP contribution is -2.21. The number of aromatic carboxylic acids is 1. The second-order valence-electron chi connectivity index (χ2n) is 4.34. The second-order valence-corrected chi connectivity index (χ2v) is 5.50. The Hall–Kier alpha value is -2.09. The van der Waals surface area contributed by atoms with E-state index >= 15 is 0 Å². The predicted octanol–water partition coefficient (Wildman–Crippen LogP) is 3.94. The monoisotopic (exact) mass is 396 g/mol. The normalized spacial score (nSPS) is 10.0. The van der Waals surface area contributed by atoms with Crippen molar-refractivity contribution in [3.8, 4) is 0 Å². The fourth-order valence-corrected chi connectivity index (χ4v) is 2.36. The van der Waals surface area contributed by atoms with Crippen LogP contribution in [-0.2, 0) is 0 Å². The van der Waals surface area contributed by atoms with Crippen molar-refractivity contribution in [1.82, 2.24) is 0 Å². The number of carboxylic acid groups (broad SMARTS) is 1. The average Bonchev–Trinajstić information content (AvgIpc) is 2.43. The van der Waals surface area contributed by atoms with Gasteiger partial charge in [0.15, 0.2) is 0 Å². The third kappa shape index (κ3) is 3.72. The Morgan fingerprint density at radius 1 is 1.00 bits per heavy atom. The third-order valence-electron chi connectivity index (χ3n) is 2.93. The number of rotatable bonds is 3. The number of anilines is 2. The average molecular weight is 396 g/mol. The maximum atomic E-state index is 12.0. The number of hydrogen-bond acceptors (Lipinski definition) is 2. The highest BCUT2D eigenvalue weighted by Gasteiger charge is 2.12. The summed E-state index contributed by atoms with van der Waals surface area (Å²) in [5.74, 6) is -1.02. The predicted molar refractivity (Wildman–Crippen MR) is 89.9 cm³/mol. The maximum Gasteiger partial charge on any atom is 0.336 e. The summed E-state index contributed by atoms with van der Waals surface area (Å²) in [6, 6.07) is 11.7. The molecule has 3 N–H and O–H groups in total. The summed E-state index contributed by atoms with van der Waals surface area (Å²) in [7, 11) is 0. The molecule has 2 aromatic rings. The molecular formula is C15H13IN2O3. The zero-order valence-electron chi connectivity index (χ0n) is 11.2. The van der Waals surface area contributed by atoms with Gasteiger partial charge < -0.3 is 15.7 Å². The van der Waals surface area contributed by atoms with Gasteiger partial charge in [-0.2, -0.15) is 0 Å². The molecule has 0 spiro atoms. The summed E-state index contributed by atoms with van der Waals surface area (Å²) in [5.41, 5.74) is 1.85. The molecule has 0 aliphatic rings. The highest BCUT2D eigenvalue weighted by atomic mass is 127. The molecule has 5 nitrogen and oxygen atoms in total. The molecule has 2 amide bonds. The zero-order valence-corrected chi connectivity index (χ0v) is 13.3. The lowest BCUT2D eigenvalue weighted by Gasteiger charge is -2.12. The SMILES string of the molecule is Cc1c(NC(=O)Nc2ccccc2I)cccc1C(=O)O. The molecule has 0 aliphatic heterocycles. The van der Waals surface area contributed by atoms with Gasteiger partial charge in [0.25, 0.3) is 0 Å². The number of carbonyl (C=O) groups is 2. The topological polar surface area (TPSA) is 78.4 Å². The minimum absolute atomic E-state index is 0.169. The van der Waals surface area contributed by atoms with Gasteiger partial charge in [-0.25, -0.2) is 9.59 Å². The number of amides is 2. The quantitative estimate of drug-likeness (QED) is 0.688. The number of para-hydroxylation sites is 1. The van der Waals surface area contributed by atoms with E-state index in [1.54, 1.807) is 25.1 Å². The molecule has 0 heterocycles. The van der Waals surface area contributed by atoms with Crippen molar-refractivity contribution in [2.24, 2.45) is 0 Å². The van der Waals surface area contributed by atoms with Crippen LogP contribution < -0.4 is 10.6 Å². The van der Waals surface area contributed by atoms with Crippen molar-refractivity contribution in [3.05, 3.63) is 57.2 Å². The van der Waals surface area contributed by atoms with Crippen molar-refractivity contribution >= 4 is 46.0 Å². The fraction of sp³-hybridized carbons (Fsp3) is 0.0667. The first-order valence-electron chi connectivity index (χ1n) is 6.14. The van der Waals surface area contributed by atoms with Gasteiger partial charge in [0, 0.05) is 9.26 Å². The first kappa shape index (κ1) is 15.3. The molecule has 0 bridgehead atoms. The third-order valence-corrected chi connectivity index (χ3v) is 3.88. The Balaban J connectivity index is 2.15. The zero-order chi connectivity index (χ0) is 15.4. The van der Waals surface area contributed by atoms with Gasteiger partial charge in [0.1, 0.15) is 0 Å². The van der Waals surface area contributed by atoms with Crippen molar-refractivity contribution in [3.63, 3.8) is 0 Å². The van der Waals surface area contributed by atoms with Gasteiger partial charge in [0.2, 0.25) is 0 Å². The van der Waals surface area contributed by atoms with E-state index < -0.39 is 12.0 Å². The van der Waals surface area contributed by atoms with E-state index in [-0.39, 0.29) is 5.56 Å². The lowest BCUT2D eigenvalue weighted by atomic mass is 10.1. The number of hydrogen-bond donors (Lipinski definition) is 3. The lowest BCUT2D eigenvalue weighted by molar-refractivity contribution is 0.0696. The standard InChI is InChI=1S/C15H13IN2O3/c1-9-10(14(19)20)5-4-8-12(9)17-15(21)18-13-7-3-2-6-11(13)16/h2-8H,1H3,(H,19,20)(H2,17,18,21). The minimum atomic E-state index is -1.02. The molecule has 0 atom stereocenters. The highest BCUT2D eigenvalue weighted by Crippen LogP contribution is 2.20. The molecule has 2 aromatic carbocycles. The first-order valence-corrected chi connectivity index (χ1v) is 7.22. The van der Waals surface area contributed by atoms with Crippen LogP contribution in [0.1, 0.15) is 15.9 Å². The van der Waals surface area contributed by atoms with Crippen LogP contribution >= 0.6 is 22.6 Å². The van der Waals surface area contributed by atoms with Gasteiger partial charge in [-0.15, -0.1) is 0 Å². The highest BCUT2D eigenvalue weighted by molar-refractivity contribution is 14.1. The number of halogens is 1. The van der Waals surface area contributed by atoms with E-state index in [0.29, 0.717) is 16.9 Å². The first-order chi connectivity index (χ1) is 9.99. The van der Waals surface area contributed by atoms with Crippen LogP contribution in [-0.4, -0.2) is 17.1 Å². The smallest absolute Gasteiger partial charge is 0.336 e. The largest absolute Gasteiger partial charge is 0.478 e. The van der Waals surface area contributed by atoms with Crippen molar-refractivity contribution in [2.75, 3.05) is 10.6 Å². The molecule has 0 aromatic heterocycles. The molecule has 0 saturated carbocycles. The Kier molecular flexibility index (Phi) is 4.79. The summed E-state index contributed by atoms with van der Waals surface area (Å²) in [6.07, 6.45) is 0. The van der Waals surface area contributed by atoms with Gasteiger partial charge in [0.05, 0.1) is 11.3 Å². The van der Waals surface area contributed by atoms with Crippen LogP contribution in [0, 0.1) is 10.5 Å². The molecular weight excluding hydrogens is 383 g/mol. The Labute approximate surface area is 135 Å². The number of urea groups is 1. The van der Waals surface area contributed by atoms with Gasteiger partial charge >= 0.3 is 12.0 Å². The van der Waals surface area contributed by atoms with Crippen LogP contribution in [0.25, 0.3) is 0 Å². The molecule has 21 heavy (non-hydrogen) atoms. The molecule has 0 fully saturated rings. The fourth-order valence-electron chi connectivity index (χ4n) is 1.84. The van der Waals surface area contributed by atoms with Gasteiger partial charge in [-0.3, -0.25) is 0 Å². The van der Waals surface area contributed by atoms with Crippen molar-refractivity contribution in [2.45, 2.75) is 6.92 Å². The summed E-state index contributed by atoms with van der Waals surface area (Å²) in [6.45, 7) is 1.66. The second kappa shape index (κ2) is 6.57. The number of benzene rings is 2. The summed E-state index contributed by atoms with van der Waals surface area (Å²) < 4.78 is 0.918. The van der Waals surface area contributed by atoms with Crippen LogP contribution in [0.3, 0.4) is 0 Å². The van der Waals surface area contributed by atoms with Crippen LogP contribution in [0.15, 0.2) is 42.5 Å². The summed E-state index contributed by atoms with van der Waals surface area (Å²) in [4.78, 5) is 23.1. The van der Waals surface area contributed by atoms with Gasteiger partial charge in [-0.05, 0) is 59.3 Å². The molecule has 0 saturated heterocycles. The molecule has 0 aliphatic carbocycles. The molecule has 6 heteroatoms. The van der Waals surface area contributed by atoms with E-state index in [2.05, 4.69) is 33.2 Å². The van der Waals surface area contributed by atoms with Crippen LogP contribution in [0.5, 0.6) is 0 Å². The summed E-state index contributed by atoms with van der Waals surface area (Å²) in [5, 5.41) is 14.5. The molecule has 108 valence electrons. The maximum absolute atomic E-state index is 12.0. The molecule has 2 rings (SSSR count). The van der Waals surface area contributed by atoms with E-state index in [9.17, 15) is 9.59 Å². The molecule has 0 unspecified atom stereocenters. The number of carbonyl (C=O) groups excluding carboxylic acids is 1. The Morgan fingerprint density at radius 3 is 2.29 bits per heavy atom. The van der Waals surface area contributed by atoms with E-state index in [1.165, 1.54) is 6.07 Å². The van der Waals surface area contributed by atoms with Crippen molar-refractivity contribution < 1.29 is 14.7 Å². The van der Waals surface area contributed by atoms with Crippen LogP contribution in [0.2, 0.25) is 0 Å². The summed E-state index contributed by atoms with van der Waals surface area (Å²) >= 11 is 2.13. The number of carboxylic acids is 1. The molecule has 0 radical (unpaired) electrons. The van der Waals surface area contributed by atoms with Crippen LogP contribution in [0.4, 0.5) is 16.2 Å². The van der Waals surface area contributed by atoms with E-state index in [4.69, 9.17) is 5.11 Å².